The van der Waals surface area contributed by atoms with E-state index in [0.29, 0.717) is 6.04 Å². The second-order valence-corrected chi connectivity index (χ2v) is 5.98. The second-order valence-electron chi connectivity index (χ2n) is 4.72. The van der Waals surface area contributed by atoms with E-state index in [4.69, 9.17) is 0 Å². The minimum Gasteiger partial charge on any atom is -0.309 e. The highest BCUT2D eigenvalue weighted by atomic mass is 32.1. The van der Waals surface area contributed by atoms with Crippen molar-refractivity contribution in [3.05, 3.63) is 16.1 Å². The molecule has 1 aromatic rings. The predicted molar refractivity (Wildman–Crippen MR) is 69.8 cm³/mol. The van der Waals surface area contributed by atoms with Crippen LogP contribution >= 0.6 is 11.3 Å². The number of hydrogen-bond donors (Lipinski definition) is 1. The van der Waals surface area contributed by atoms with Gasteiger partial charge in [0.05, 0.1) is 5.01 Å². The molecule has 0 aliphatic heterocycles. The Labute approximate surface area is 102 Å². The summed E-state index contributed by atoms with van der Waals surface area (Å²) in [6.45, 7) is 5.35. The van der Waals surface area contributed by atoms with Crippen LogP contribution in [0.5, 0.6) is 0 Å². The molecule has 1 aliphatic carbocycles. The predicted octanol–water partition coefficient (Wildman–Crippen LogP) is 3.68. The lowest BCUT2D eigenvalue weighted by Gasteiger charge is -2.30. The van der Waals surface area contributed by atoms with Crippen LogP contribution in [-0.4, -0.2) is 11.5 Å². The zero-order valence-electron chi connectivity index (χ0n) is 10.3. The third-order valence-corrected chi connectivity index (χ3v) is 4.49. The van der Waals surface area contributed by atoms with E-state index in [1.165, 1.54) is 42.0 Å². The molecule has 1 unspecified atom stereocenters. The number of thiazole rings is 1. The van der Waals surface area contributed by atoms with Crippen molar-refractivity contribution in [2.75, 3.05) is 6.54 Å². The molecular formula is C13H22N2S. The molecule has 1 N–H and O–H groups in total. The van der Waals surface area contributed by atoms with Gasteiger partial charge in [-0.25, -0.2) is 4.98 Å². The van der Waals surface area contributed by atoms with Crippen LogP contribution in [0.15, 0.2) is 6.20 Å². The fourth-order valence-corrected chi connectivity index (χ4v) is 3.66. The van der Waals surface area contributed by atoms with E-state index in [9.17, 15) is 0 Å². The fourth-order valence-electron chi connectivity index (χ4n) is 2.71. The third-order valence-electron chi connectivity index (χ3n) is 3.49. The Bertz CT molecular complexity index is 315. The Kier molecular flexibility index (Phi) is 4.36. The summed E-state index contributed by atoms with van der Waals surface area (Å²) in [4.78, 5) is 5.83. The minimum absolute atomic E-state index is 0.552. The summed E-state index contributed by atoms with van der Waals surface area (Å²) >= 11 is 1.86. The molecule has 0 saturated heterocycles. The van der Waals surface area contributed by atoms with Crippen LogP contribution in [-0.2, 0) is 0 Å². The number of nitrogens with zero attached hydrogens (tertiary/aromatic N) is 1. The first-order valence-corrected chi connectivity index (χ1v) is 7.28. The molecule has 1 aromatic heterocycles. The third kappa shape index (κ3) is 2.83. The molecule has 0 aromatic carbocycles. The number of rotatable bonds is 4. The van der Waals surface area contributed by atoms with E-state index in [0.717, 1.165) is 12.5 Å². The highest BCUT2D eigenvalue weighted by molar-refractivity contribution is 7.11. The molecule has 1 atom stereocenters. The summed E-state index contributed by atoms with van der Waals surface area (Å²) < 4.78 is 0. The van der Waals surface area contributed by atoms with E-state index >= 15 is 0 Å². The van der Waals surface area contributed by atoms with Gasteiger partial charge in [0, 0.05) is 17.1 Å². The van der Waals surface area contributed by atoms with Crippen LogP contribution in [0.2, 0.25) is 0 Å². The molecule has 1 saturated carbocycles. The first-order chi connectivity index (χ1) is 7.81. The molecule has 2 rings (SSSR count). The summed E-state index contributed by atoms with van der Waals surface area (Å²) in [5.41, 5.74) is 0. The maximum absolute atomic E-state index is 4.39. The van der Waals surface area contributed by atoms with Gasteiger partial charge in [-0.15, -0.1) is 11.3 Å². The maximum Gasteiger partial charge on any atom is 0.0897 e. The summed E-state index contributed by atoms with van der Waals surface area (Å²) in [7, 11) is 0. The molecule has 0 spiro atoms. The van der Waals surface area contributed by atoms with Gasteiger partial charge in [0.25, 0.3) is 0 Å². The second kappa shape index (κ2) is 5.78. The molecule has 16 heavy (non-hydrogen) atoms. The minimum atomic E-state index is 0.552. The average molecular weight is 238 g/mol. The Hall–Kier alpha value is -0.410. The smallest absolute Gasteiger partial charge is 0.0897 e. The molecule has 1 heterocycles. The molecule has 1 fully saturated rings. The number of hydrogen-bond acceptors (Lipinski definition) is 3. The molecule has 90 valence electrons. The van der Waals surface area contributed by atoms with E-state index in [1.54, 1.807) is 0 Å². The molecule has 3 heteroatoms. The Morgan fingerprint density at radius 3 is 2.75 bits per heavy atom. The van der Waals surface area contributed by atoms with Gasteiger partial charge in [-0.3, -0.25) is 0 Å². The van der Waals surface area contributed by atoms with Crippen molar-refractivity contribution in [1.29, 1.82) is 0 Å². The van der Waals surface area contributed by atoms with Gasteiger partial charge in [0.15, 0.2) is 0 Å². The SMILES string of the molecule is CCNC(c1cnc(C)s1)C1CCCCC1. The van der Waals surface area contributed by atoms with Gasteiger partial charge in [-0.2, -0.15) is 0 Å². The van der Waals surface area contributed by atoms with Crippen molar-refractivity contribution in [2.24, 2.45) is 5.92 Å². The summed E-state index contributed by atoms with van der Waals surface area (Å²) in [6.07, 6.45) is 9.08. The molecule has 0 radical (unpaired) electrons. The number of nitrogens with one attached hydrogen (secondary N) is 1. The van der Waals surface area contributed by atoms with Crippen molar-refractivity contribution in [1.82, 2.24) is 10.3 Å². The number of aryl methyl sites for hydroxylation is 1. The monoisotopic (exact) mass is 238 g/mol. The Morgan fingerprint density at radius 2 is 2.19 bits per heavy atom. The van der Waals surface area contributed by atoms with Gasteiger partial charge in [0.1, 0.15) is 0 Å². The van der Waals surface area contributed by atoms with E-state index in [2.05, 4.69) is 30.3 Å². The van der Waals surface area contributed by atoms with Crippen molar-refractivity contribution in [2.45, 2.75) is 52.0 Å². The highest BCUT2D eigenvalue weighted by Gasteiger charge is 2.25. The standard InChI is InChI=1S/C13H22N2S/c1-3-14-13(11-7-5-4-6-8-11)12-9-15-10(2)16-12/h9,11,13-14H,3-8H2,1-2H3. The van der Waals surface area contributed by atoms with Crippen molar-refractivity contribution >= 4 is 11.3 Å². The lowest BCUT2D eigenvalue weighted by molar-refractivity contribution is 0.277. The number of aromatic nitrogens is 1. The zero-order chi connectivity index (χ0) is 11.4. The van der Waals surface area contributed by atoms with Gasteiger partial charge in [-0.05, 0) is 32.2 Å². The maximum atomic E-state index is 4.39. The van der Waals surface area contributed by atoms with E-state index < -0.39 is 0 Å². The largest absolute Gasteiger partial charge is 0.309 e. The normalized spacial score (nSPS) is 19.9. The van der Waals surface area contributed by atoms with Crippen LogP contribution in [0.3, 0.4) is 0 Å². The highest BCUT2D eigenvalue weighted by Crippen LogP contribution is 2.36. The average Bonchev–Trinajstić information content (AvgIpc) is 2.74. The summed E-state index contributed by atoms with van der Waals surface area (Å²) in [6, 6.07) is 0.552. The quantitative estimate of drug-likeness (QED) is 0.865. The van der Waals surface area contributed by atoms with Gasteiger partial charge in [0.2, 0.25) is 0 Å². The molecule has 1 aliphatic rings. The first kappa shape index (κ1) is 12.1. The summed E-state index contributed by atoms with van der Waals surface area (Å²) in [5, 5.41) is 4.84. The van der Waals surface area contributed by atoms with Crippen molar-refractivity contribution < 1.29 is 0 Å². The Morgan fingerprint density at radius 1 is 1.44 bits per heavy atom. The fraction of sp³-hybridized carbons (Fsp3) is 0.769. The van der Waals surface area contributed by atoms with Crippen molar-refractivity contribution in [3.8, 4) is 0 Å². The Balaban J connectivity index is 2.09. The van der Waals surface area contributed by atoms with Crippen LogP contribution in [0, 0.1) is 12.8 Å². The van der Waals surface area contributed by atoms with E-state index in [1.807, 2.05) is 11.3 Å². The van der Waals surface area contributed by atoms with E-state index in [-0.39, 0.29) is 0 Å². The topological polar surface area (TPSA) is 24.9 Å². The zero-order valence-corrected chi connectivity index (χ0v) is 11.1. The van der Waals surface area contributed by atoms with Crippen LogP contribution in [0.1, 0.15) is 55.0 Å². The van der Waals surface area contributed by atoms with Gasteiger partial charge < -0.3 is 5.32 Å². The summed E-state index contributed by atoms with van der Waals surface area (Å²) in [5.74, 6) is 0.827. The van der Waals surface area contributed by atoms with Gasteiger partial charge >= 0.3 is 0 Å². The molecule has 0 amide bonds. The van der Waals surface area contributed by atoms with Gasteiger partial charge in [-0.1, -0.05) is 26.2 Å². The molecule has 0 bridgehead atoms. The van der Waals surface area contributed by atoms with Crippen LogP contribution in [0.25, 0.3) is 0 Å². The molecule has 2 nitrogen and oxygen atoms in total. The van der Waals surface area contributed by atoms with Crippen LogP contribution in [0.4, 0.5) is 0 Å². The lowest BCUT2D eigenvalue weighted by atomic mass is 9.83. The van der Waals surface area contributed by atoms with Crippen molar-refractivity contribution in [3.63, 3.8) is 0 Å². The van der Waals surface area contributed by atoms with Crippen LogP contribution < -0.4 is 5.32 Å². The first-order valence-electron chi connectivity index (χ1n) is 6.47. The lowest BCUT2D eigenvalue weighted by Crippen LogP contribution is -2.28. The molecular weight excluding hydrogens is 216 g/mol.